The van der Waals surface area contributed by atoms with Gasteiger partial charge in [-0.15, -0.1) is 0 Å². The molecule has 9 heteroatoms. The standard InChI is InChI=1S/C20H22ClN5O3/c1-11-6-4-5-9-26(11)20-24-17-16(19(29)25-20)12(10-15(27)23-17)18(28)22-14-8-3-2-7-13(14)21/h2-3,7-8,11-12H,4-6,9-10H2,1H3,(H,22,28)(H2,23,24,25,27,29)/t11-,12-/m1/s1. The summed E-state index contributed by atoms with van der Waals surface area (Å²) in [7, 11) is 0. The number of rotatable bonds is 3. The molecule has 8 nitrogen and oxygen atoms in total. The van der Waals surface area contributed by atoms with Gasteiger partial charge in [0, 0.05) is 19.0 Å². The lowest BCUT2D eigenvalue weighted by Gasteiger charge is -2.34. The minimum atomic E-state index is -0.945. The van der Waals surface area contributed by atoms with Crippen LogP contribution in [-0.4, -0.2) is 34.4 Å². The van der Waals surface area contributed by atoms with Crippen LogP contribution in [0.5, 0.6) is 0 Å². The third-order valence-corrected chi connectivity index (χ3v) is 5.79. The highest BCUT2D eigenvalue weighted by atomic mass is 35.5. The van der Waals surface area contributed by atoms with E-state index >= 15 is 0 Å². The van der Waals surface area contributed by atoms with Crippen LogP contribution in [0.3, 0.4) is 0 Å². The van der Waals surface area contributed by atoms with E-state index in [4.69, 9.17) is 11.6 Å². The van der Waals surface area contributed by atoms with E-state index in [0.29, 0.717) is 16.7 Å². The molecule has 1 fully saturated rings. The number of halogens is 1. The molecule has 2 aliphatic rings. The number of carbonyl (C=O) groups is 2. The van der Waals surface area contributed by atoms with Gasteiger partial charge >= 0.3 is 0 Å². The highest BCUT2D eigenvalue weighted by Crippen LogP contribution is 2.32. The van der Waals surface area contributed by atoms with Crippen molar-refractivity contribution in [1.29, 1.82) is 0 Å². The van der Waals surface area contributed by atoms with Crippen molar-refractivity contribution in [3.05, 3.63) is 45.2 Å². The molecule has 0 unspecified atom stereocenters. The number of H-pyrrole nitrogens is 1. The van der Waals surface area contributed by atoms with E-state index in [2.05, 4.69) is 27.5 Å². The van der Waals surface area contributed by atoms with Crippen LogP contribution < -0.4 is 21.1 Å². The van der Waals surface area contributed by atoms with Crippen LogP contribution in [0, 0.1) is 0 Å². The second-order valence-corrected chi connectivity index (χ2v) is 7.87. The van der Waals surface area contributed by atoms with Crippen molar-refractivity contribution in [2.24, 2.45) is 0 Å². The van der Waals surface area contributed by atoms with Gasteiger partial charge in [-0.05, 0) is 38.3 Å². The predicted octanol–water partition coefficient (Wildman–Crippen LogP) is 2.87. The fourth-order valence-corrected chi connectivity index (χ4v) is 4.10. The van der Waals surface area contributed by atoms with Gasteiger partial charge in [0.2, 0.25) is 17.8 Å². The van der Waals surface area contributed by atoms with Crippen molar-refractivity contribution in [2.45, 2.75) is 44.6 Å². The molecule has 1 aromatic carbocycles. The molecule has 4 rings (SSSR count). The third-order valence-electron chi connectivity index (χ3n) is 5.46. The van der Waals surface area contributed by atoms with Crippen LogP contribution in [0.15, 0.2) is 29.1 Å². The normalized spacial score (nSPS) is 21.3. The summed E-state index contributed by atoms with van der Waals surface area (Å²) in [5.41, 5.74) is 0.180. The van der Waals surface area contributed by atoms with Gasteiger partial charge in [-0.25, -0.2) is 0 Å². The number of aromatic nitrogens is 2. The minimum absolute atomic E-state index is 0.131. The molecule has 2 aromatic rings. The van der Waals surface area contributed by atoms with Crippen LogP contribution in [-0.2, 0) is 9.59 Å². The number of carbonyl (C=O) groups excluding carboxylic acids is 2. The van der Waals surface area contributed by atoms with E-state index in [1.807, 2.05) is 4.90 Å². The van der Waals surface area contributed by atoms with E-state index in [1.54, 1.807) is 24.3 Å². The Morgan fingerprint density at radius 2 is 2.07 bits per heavy atom. The Morgan fingerprint density at radius 3 is 2.83 bits per heavy atom. The largest absolute Gasteiger partial charge is 0.340 e. The van der Waals surface area contributed by atoms with Gasteiger partial charge in [0.05, 0.1) is 22.2 Å². The SMILES string of the molecule is C[C@@H]1CCCCN1c1nc2c(c(=O)[nH]1)[C@H](C(=O)Nc1ccccc1Cl)CC(=O)N2. The van der Waals surface area contributed by atoms with Crippen molar-refractivity contribution in [2.75, 3.05) is 22.1 Å². The average molecular weight is 416 g/mol. The van der Waals surface area contributed by atoms with Gasteiger partial charge in [-0.2, -0.15) is 4.98 Å². The number of piperidine rings is 1. The van der Waals surface area contributed by atoms with Crippen LogP contribution >= 0.6 is 11.6 Å². The molecule has 0 spiro atoms. The Morgan fingerprint density at radius 1 is 1.28 bits per heavy atom. The number of anilines is 3. The Kier molecular flexibility index (Phi) is 5.27. The molecule has 1 saturated heterocycles. The Balaban J connectivity index is 1.67. The monoisotopic (exact) mass is 415 g/mol. The summed E-state index contributed by atoms with van der Waals surface area (Å²) < 4.78 is 0. The molecular formula is C20H22ClN5O3. The van der Waals surface area contributed by atoms with Crippen LogP contribution in [0.2, 0.25) is 5.02 Å². The number of fused-ring (bicyclic) bond motifs is 1. The van der Waals surface area contributed by atoms with Crippen LogP contribution in [0.1, 0.15) is 44.1 Å². The molecule has 0 bridgehead atoms. The summed E-state index contributed by atoms with van der Waals surface area (Å²) in [4.78, 5) is 47.3. The van der Waals surface area contributed by atoms with Gasteiger partial charge in [-0.1, -0.05) is 23.7 Å². The fraction of sp³-hybridized carbons (Fsp3) is 0.400. The van der Waals surface area contributed by atoms with Gasteiger partial charge in [0.25, 0.3) is 5.56 Å². The lowest BCUT2D eigenvalue weighted by atomic mass is 9.92. The minimum Gasteiger partial charge on any atom is -0.340 e. The number of benzene rings is 1. The average Bonchev–Trinajstić information content (AvgIpc) is 2.69. The number of amides is 2. The lowest BCUT2D eigenvalue weighted by Crippen LogP contribution is -2.42. The van der Waals surface area contributed by atoms with E-state index in [9.17, 15) is 14.4 Å². The van der Waals surface area contributed by atoms with E-state index in [-0.39, 0.29) is 29.8 Å². The molecule has 2 amide bonds. The zero-order chi connectivity index (χ0) is 20.5. The summed E-state index contributed by atoms with van der Waals surface area (Å²) in [5.74, 6) is -1.20. The first kappa shape index (κ1) is 19.4. The highest BCUT2D eigenvalue weighted by Gasteiger charge is 2.35. The smallest absolute Gasteiger partial charge is 0.258 e. The maximum atomic E-state index is 12.9. The number of nitrogens with zero attached hydrogens (tertiary/aromatic N) is 2. The third kappa shape index (κ3) is 3.85. The summed E-state index contributed by atoms with van der Waals surface area (Å²) in [5, 5.41) is 5.74. The predicted molar refractivity (Wildman–Crippen MR) is 112 cm³/mol. The number of nitrogens with one attached hydrogen (secondary N) is 3. The van der Waals surface area contributed by atoms with Crippen LogP contribution in [0.25, 0.3) is 0 Å². The van der Waals surface area contributed by atoms with Crippen molar-refractivity contribution in [3.63, 3.8) is 0 Å². The molecule has 0 saturated carbocycles. The second kappa shape index (κ2) is 7.87. The van der Waals surface area contributed by atoms with Crippen molar-refractivity contribution in [1.82, 2.24) is 9.97 Å². The molecule has 3 heterocycles. The first-order valence-corrected chi connectivity index (χ1v) is 10.1. The highest BCUT2D eigenvalue weighted by molar-refractivity contribution is 6.33. The molecule has 152 valence electrons. The molecule has 3 N–H and O–H groups in total. The Hall–Kier alpha value is -2.87. The first-order valence-electron chi connectivity index (χ1n) is 9.70. The molecular weight excluding hydrogens is 394 g/mol. The summed E-state index contributed by atoms with van der Waals surface area (Å²) in [6.07, 6.45) is 3.03. The molecule has 29 heavy (non-hydrogen) atoms. The fourth-order valence-electron chi connectivity index (χ4n) is 3.91. The molecule has 1 aromatic heterocycles. The molecule has 2 atom stereocenters. The first-order chi connectivity index (χ1) is 13.9. The van der Waals surface area contributed by atoms with Crippen molar-refractivity contribution in [3.8, 4) is 0 Å². The number of para-hydroxylation sites is 1. The van der Waals surface area contributed by atoms with Crippen molar-refractivity contribution < 1.29 is 9.59 Å². The summed E-state index contributed by atoms with van der Waals surface area (Å²) in [6, 6.07) is 7.04. The van der Waals surface area contributed by atoms with Gasteiger partial charge < -0.3 is 15.5 Å². The second-order valence-electron chi connectivity index (χ2n) is 7.46. The zero-order valence-corrected chi connectivity index (χ0v) is 16.8. The molecule has 0 radical (unpaired) electrons. The molecule has 2 aliphatic heterocycles. The Bertz CT molecular complexity index is 1020. The topological polar surface area (TPSA) is 107 Å². The quantitative estimate of drug-likeness (QED) is 0.714. The zero-order valence-electron chi connectivity index (χ0n) is 16.0. The van der Waals surface area contributed by atoms with Gasteiger partial charge in [0.1, 0.15) is 5.82 Å². The van der Waals surface area contributed by atoms with Gasteiger partial charge in [-0.3, -0.25) is 19.4 Å². The number of hydrogen-bond acceptors (Lipinski definition) is 5. The summed E-state index contributed by atoms with van der Waals surface area (Å²) in [6.45, 7) is 2.87. The maximum absolute atomic E-state index is 12.9. The van der Waals surface area contributed by atoms with Crippen molar-refractivity contribution >= 4 is 40.9 Å². The number of aromatic amines is 1. The molecule has 0 aliphatic carbocycles. The maximum Gasteiger partial charge on any atom is 0.258 e. The number of hydrogen-bond donors (Lipinski definition) is 3. The van der Waals surface area contributed by atoms with Gasteiger partial charge in [0.15, 0.2) is 0 Å². The van der Waals surface area contributed by atoms with E-state index in [0.717, 1.165) is 25.8 Å². The van der Waals surface area contributed by atoms with Crippen LogP contribution in [0.4, 0.5) is 17.5 Å². The van der Waals surface area contributed by atoms with E-state index < -0.39 is 17.4 Å². The lowest BCUT2D eigenvalue weighted by molar-refractivity contribution is -0.123. The summed E-state index contributed by atoms with van der Waals surface area (Å²) >= 11 is 6.11. The Labute approximate surface area is 172 Å². The van der Waals surface area contributed by atoms with E-state index in [1.165, 1.54) is 0 Å².